The van der Waals surface area contributed by atoms with Crippen LogP contribution in [0.3, 0.4) is 0 Å². The minimum Gasteiger partial charge on any atom is -0.313 e. The van der Waals surface area contributed by atoms with E-state index in [4.69, 9.17) is 11.6 Å². The summed E-state index contributed by atoms with van der Waals surface area (Å²) in [5.41, 5.74) is 2.32. The van der Waals surface area contributed by atoms with Crippen LogP contribution in [0.15, 0.2) is 35.1 Å². The molecule has 2 rings (SSSR count). The topological polar surface area (TPSA) is 29.9 Å². The van der Waals surface area contributed by atoms with Crippen LogP contribution in [0.1, 0.15) is 24.1 Å². The van der Waals surface area contributed by atoms with Gasteiger partial charge in [-0.15, -0.1) is 0 Å². The molecule has 19 heavy (non-hydrogen) atoms. The highest BCUT2D eigenvalue weighted by atomic mass is 79.9. The highest BCUT2D eigenvalue weighted by Crippen LogP contribution is 2.28. The van der Waals surface area contributed by atoms with Crippen LogP contribution in [-0.4, -0.2) is 16.8 Å². The summed E-state index contributed by atoms with van der Waals surface area (Å²) in [6, 6.07) is 6.19. The lowest BCUT2D eigenvalue weighted by molar-refractivity contribution is 0.591. The largest absolute Gasteiger partial charge is 0.313 e. The van der Waals surface area contributed by atoms with Crippen molar-refractivity contribution in [2.45, 2.75) is 25.9 Å². The minimum atomic E-state index is 0.190. The number of halogens is 2. The quantitative estimate of drug-likeness (QED) is 0.895. The van der Waals surface area contributed by atoms with Gasteiger partial charge < -0.3 is 5.32 Å². The van der Waals surface area contributed by atoms with Crippen molar-refractivity contribution in [2.75, 3.05) is 7.05 Å². The first-order valence-electron chi connectivity index (χ1n) is 6.27. The van der Waals surface area contributed by atoms with Crippen LogP contribution < -0.4 is 5.32 Å². The zero-order chi connectivity index (χ0) is 13.8. The molecule has 0 fully saturated rings. The van der Waals surface area contributed by atoms with Gasteiger partial charge >= 0.3 is 0 Å². The summed E-state index contributed by atoms with van der Waals surface area (Å²) in [6.45, 7) is 2.97. The molecule has 1 aromatic carbocycles. The number of nitrogens with zero attached hydrogens (tertiary/aromatic N) is 2. The summed E-state index contributed by atoms with van der Waals surface area (Å²) in [4.78, 5) is 0. The van der Waals surface area contributed by atoms with E-state index in [1.165, 1.54) is 5.56 Å². The second kappa shape index (κ2) is 6.55. The van der Waals surface area contributed by atoms with Gasteiger partial charge in [-0.25, -0.2) is 0 Å². The molecule has 0 saturated carbocycles. The molecule has 1 heterocycles. The first-order chi connectivity index (χ1) is 9.13. The average Bonchev–Trinajstić information content (AvgIpc) is 2.84. The smallest absolute Gasteiger partial charge is 0.0522 e. The van der Waals surface area contributed by atoms with E-state index in [0.717, 1.165) is 28.0 Å². The fraction of sp³-hybridized carbons (Fsp3) is 0.357. The maximum atomic E-state index is 6.31. The van der Waals surface area contributed by atoms with Crippen molar-refractivity contribution in [3.8, 4) is 0 Å². The van der Waals surface area contributed by atoms with Crippen molar-refractivity contribution in [3.05, 3.63) is 51.2 Å². The predicted octanol–water partition coefficient (Wildman–Crippen LogP) is 3.82. The van der Waals surface area contributed by atoms with Crippen LogP contribution in [0.4, 0.5) is 0 Å². The second-order valence-corrected chi connectivity index (χ2v) is 5.74. The lowest BCUT2D eigenvalue weighted by Gasteiger charge is -2.17. The molecule has 1 atom stereocenters. The zero-order valence-corrected chi connectivity index (χ0v) is 13.4. The monoisotopic (exact) mass is 341 g/mol. The summed E-state index contributed by atoms with van der Waals surface area (Å²) in [6.07, 6.45) is 4.87. The Balaban J connectivity index is 2.19. The molecule has 5 heteroatoms. The third-order valence-corrected chi connectivity index (χ3v) is 3.96. The van der Waals surface area contributed by atoms with Gasteiger partial charge in [0, 0.05) is 28.3 Å². The maximum absolute atomic E-state index is 6.31. The molecule has 0 radical (unpaired) electrons. The molecule has 0 aliphatic heterocycles. The number of aryl methyl sites for hydroxylation is 1. The van der Waals surface area contributed by atoms with Crippen molar-refractivity contribution < 1.29 is 0 Å². The highest BCUT2D eigenvalue weighted by molar-refractivity contribution is 9.10. The van der Waals surface area contributed by atoms with Gasteiger partial charge in [0.15, 0.2) is 0 Å². The molecule has 0 amide bonds. The Hall–Kier alpha value is -0.840. The molecule has 3 nitrogen and oxygen atoms in total. The number of benzene rings is 1. The Bertz CT molecular complexity index is 553. The van der Waals surface area contributed by atoms with Crippen LogP contribution in [0, 0.1) is 0 Å². The molecule has 0 saturated heterocycles. The standard InChI is InChI=1S/C14H17BrClN3/c1-3-19-9-10(8-18-19)6-14(17-2)12-5-4-11(15)7-13(12)16/h4-5,7-9,14,17H,3,6H2,1-2H3. The molecule has 0 spiro atoms. The second-order valence-electron chi connectivity index (χ2n) is 4.42. The molecule has 1 N–H and O–H groups in total. The molecule has 0 aliphatic carbocycles. The Morgan fingerprint density at radius 3 is 2.84 bits per heavy atom. The Kier molecular flexibility index (Phi) is 5.02. The number of aromatic nitrogens is 2. The van der Waals surface area contributed by atoms with Crippen LogP contribution in [0.25, 0.3) is 0 Å². The van der Waals surface area contributed by atoms with E-state index in [2.05, 4.69) is 45.5 Å². The SMILES string of the molecule is CCn1cc(CC(NC)c2ccc(Br)cc2Cl)cn1. The number of hydrogen-bond acceptors (Lipinski definition) is 2. The van der Waals surface area contributed by atoms with E-state index in [9.17, 15) is 0 Å². The van der Waals surface area contributed by atoms with Crippen molar-refractivity contribution >= 4 is 27.5 Å². The van der Waals surface area contributed by atoms with Gasteiger partial charge in [0.05, 0.1) is 6.20 Å². The molecule has 102 valence electrons. The van der Waals surface area contributed by atoms with Crippen LogP contribution in [-0.2, 0) is 13.0 Å². The fourth-order valence-corrected chi connectivity index (χ4v) is 2.88. The van der Waals surface area contributed by atoms with E-state index < -0.39 is 0 Å². The molecular formula is C14H17BrClN3. The number of rotatable bonds is 5. The molecule has 0 bridgehead atoms. The summed E-state index contributed by atoms with van der Waals surface area (Å²) in [7, 11) is 1.95. The van der Waals surface area contributed by atoms with Gasteiger partial charge in [0.25, 0.3) is 0 Å². The number of hydrogen-bond donors (Lipinski definition) is 1. The first-order valence-corrected chi connectivity index (χ1v) is 7.44. The highest BCUT2D eigenvalue weighted by Gasteiger charge is 2.14. The minimum absolute atomic E-state index is 0.190. The summed E-state index contributed by atoms with van der Waals surface area (Å²) < 4.78 is 2.93. The van der Waals surface area contributed by atoms with E-state index in [1.807, 2.05) is 30.1 Å². The number of likely N-dealkylation sites (N-methyl/N-ethyl adjacent to an activating group) is 1. The normalized spacial score (nSPS) is 12.6. The van der Waals surface area contributed by atoms with Gasteiger partial charge in [-0.1, -0.05) is 33.6 Å². The van der Waals surface area contributed by atoms with Gasteiger partial charge in [0.1, 0.15) is 0 Å². The lowest BCUT2D eigenvalue weighted by Crippen LogP contribution is -2.19. The van der Waals surface area contributed by atoms with E-state index in [-0.39, 0.29) is 6.04 Å². The first kappa shape index (κ1) is 14.6. The van der Waals surface area contributed by atoms with Crippen LogP contribution in [0.5, 0.6) is 0 Å². The zero-order valence-electron chi connectivity index (χ0n) is 11.0. The van der Waals surface area contributed by atoms with E-state index in [1.54, 1.807) is 0 Å². The third-order valence-electron chi connectivity index (χ3n) is 3.14. The third kappa shape index (κ3) is 3.59. The van der Waals surface area contributed by atoms with Gasteiger partial charge in [-0.2, -0.15) is 5.10 Å². The summed E-state index contributed by atoms with van der Waals surface area (Å²) in [5, 5.41) is 8.39. The summed E-state index contributed by atoms with van der Waals surface area (Å²) >= 11 is 9.74. The van der Waals surface area contributed by atoms with Crippen LogP contribution in [0.2, 0.25) is 5.02 Å². The lowest BCUT2D eigenvalue weighted by atomic mass is 10.0. The van der Waals surface area contributed by atoms with Gasteiger partial charge in [0.2, 0.25) is 0 Å². The summed E-state index contributed by atoms with van der Waals surface area (Å²) in [5.74, 6) is 0. The van der Waals surface area contributed by atoms with E-state index >= 15 is 0 Å². The van der Waals surface area contributed by atoms with E-state index in [0.29, 0.717) is 0 Å². The van der Waals surface area contributed by atoms with Crippen LogP contribution >= 0.6 is 27.5 Å². The fourth-order valence-electron chi connectivity index (χ4n) is 2.07. The maximum Gasteiger partial charge on any atom is 0.0522 e. The van der Waals surface area contributed by atoms with Crippen molar-refractivity contribution in [3.63, 3.8) is 0 Å². The Morgan fingerprint density at radius 2 is 2.26 bits per heavy atom. The van der Waals surface area contributed by atoms with Gasteiger partial charge in [-0.3, -0.25) is 4.68 Å². The number of nitrogens with one attached hydrogen (secondary N) is 1. The average molecular weight is 343 g/mol. The predicted molar refractivity (Wildman–Crippen MR) is 82.6 cm³/mol. The molecule has 1 unspecified atom stereocenters. The Labute approximate surface area is 127 Å². The van der Waals surface area contributed by atoms with Crippen molar-refractivity contribution in [1.82, 2.24) is 15.1 Å². The van der Waals surface area contributed by atoms with Crippen molar-refractivity contribution in [1.29, 1.82) is 0 Å². The molecule has 0 aliphatic rings. The van der Waals surface area contributed by atoms with Gasteiger partial charge in [-0.05, 0) is 43.7 Å². The molecule has 2 aromatic rings. The molecular weight excluding hydrogens is 326 g/mol. The van der Waals surface area contributed by atoms with Crippen molar-refractivity contribution in [2.24, 2.45) is 0 Å². The molecule has 1 aromatic heterocycles. The Morgan fingerprint density at radius 1 is 1.47 bits per heavy atom.